The standard InChI is InChI=1S/C11H12ClFN2O3/c1-2-3-8(11(17)18)15-10(16)7-4-6(13)5-14-9(7)12/h4-5,8H,2-3H2,1H3,(H,15,16)(H,17,18)/t8-/m0/s1. The molecule has 1 heterocycles. The molecule has 0 aliphatic heterocycles. The molecule has 0 aliphatic rings. The number of aromatic nitrogens is 1. The van der Waals surface area contributed by atoms with Gasteiger partial charge in [0.15, 0.2) is 0 Å². The lowest BCUT2D eigenvalue weighted by molar-refractivity contribution is -0.139. The van der Waals surface area contributed by atoms with Gasteiger partial charge in [-0.05, 0) is 12.5 Å². The van der Waals surface area contributed by atoms with Crippen molar-refractivity contribution < 1.29 is 19.1 Å². The van der Waals surface area contributed by atoms with E-state index in [1.807, 2.05) is 0 Å². The second-order valence-electron chi connectivity index (χ2n) is 3.64. The quantitative estimate of drug-likeness (QED) is 0.803. The zero-order valence-electron chi connectivity index (χ0n) is 9.61. The van der Waals surface area contributed by atoms with Crippen LogP contribution in [-0.4, -0.2) is 28.0 Å². The van der Waals surface area contributed by atoms with Crippen LogP contribution >= 0.6 is 11.6 Å². The summed E-state index contributed by atoms with van der Waals surface area (Å²) >= 11 is 5.65. The minimum atomic E-state index is -1.15. The molecule has 1 aromatic heterocycles. The molecule has 0 radical (unpaired) electrons. The maximum Gasteiger partial charge on any atom is 0.326 e. The van der Waals surface area contributed by atoms with Gasteiger partial charge in [-0.15, -0.1) is 0 Å². The van der Waals surface area contributed by atoms with Crippen LogP contribution < -0.4 is 5.32 Å². The van der Waals surface area contributed by atoms with Crippen LogP contribution in [0.25, 0.3) is 0 Å². The van der Waals surface area contributed by atoms with E-state index in [0.29, 0.717) is 6.42 Å². The maximum absolute atomic E-state index is 12.9. The molecule has 0 aliphatic carbocycles. The molecule has 0 unspecified atom stereocenters. The molecule has 0 spiro atoms. The van der Waals surface area contributed by atoms with E-state index in [-0.39, 0.29) is 17.1 Å². The van der Waals surface area contributed by atoms with Crippen molar-refractivity contribution in [2.75, 3.05) is 0 Å². The Morgan fingerprint density at radius 3 is 2.83 bits per heavy atom. The van der Waals surface area contributed by atoms with E-state index in [4.69, 9.17) is 16.7 Å². The van der Waals surface area contributed by atoms with Gasteiger partial charge in [0, 0.05) is 0 Å². The number of nitrogens with zero attached hydrogens (tertiary/aromatic N) is 1. The van der Waals surface area contributed by atoms with Gasteiger partial charge >= 0.3 is 5.97 Å². The fourth-order valence-electron chi connectivity index (χ4n) is 1.36. The number of carboxylic acids is 1. The molecule has 0 saturated heterocycles. The van der Waals surface area contributed by atoms with Crippen LogP contribution in [-0.2, 0) is 4.79 Å². The highest BCUT2D eigenvalue weighted by molar-refractivity contribution is 6.32. The molecule has 2 N–H and O–H groups in total. The second kappa shape index (κ2) is 6.30. The number of aliphatic carboxylic acids is 1. The zero-order chi connectivity index (χ0) is 13.7. The molecule has 0 bridgehead atoms. The molecule has 1 amide bonds. The topological polar surface area (TPSA) is 79.3 Å². The molecule has 98 valence electrons. The molecule has 1 atom stereocenters. The molecule has 0 saturated carbocycles. The second-order valence-corrected chi connectivity index (χ2v) is 4.00. The van der Waals surface area contributed by atoms with E-state index >= 15 is 0 Å². The number of carbonyl (C=O) groups excluding carboxylic acids is 1. The lowest BCUT2D eigenvalue weighted by Gasteiger charge is -2.13. The van der Waals surface area contributed by atoms with Crippen LogP contribution in [0.5, 0.6) is 0 Å². The van der Waals surface area contributed by atoms with Gasteiger partial charge in [0.25, 0.3) is 5.91 Å². The highest BCUT2D eigenvalue weighted by Gasteiger charge is 2.21. The lowest BCUT2D eigenvalue weighted by Crippen LogP contribution is -2.40. The lowest BCUT2D eigenvalue weighted by atomic mass is 10.1. The molecule has 0 fully saturated rings. The van der Waals surface area contributed by atoms with Gasteiger partial charge in [-0.2, -0.15) is 0 Å². The number of nitrogens with one attached hydrogen (secondary N) is 1. The highest BCUT2D eigenvalue weighted by Crippen LogP contribution is 2.14. The molecule has 18 heavy (non-hydrogen) atoms. The third-order valence-corrected chi connectivity index (χ3v) is 2.53. The van der Waals surface area contributed by atoms with E-state index in [0.717, 1.165) is 12.3 Å². The number of hydrogen-bond donors (Lipinski definition) is 2. The maximum atomic E-state index is 12.9. The SMILES string of the molecule is CCC[C@H](NC(=O)c1cc(F)cnc1Cl)C(=O)O. The predicted octanol–water partition coefficient (Wildman–Crippen LogP) is 1.86. The monoisotopic (exact) mass is 274 g/mol. The smallest absolute Gasteiger partial charge is 0.326 e. The summed E-state index contributed by atoms with van der Waals surface area (Å²) in [5, 5.41) is 11.0. The van der Waals surface area contributed by atoms with Gasteiger partial charge < -0.3 is 10.4 Å². The van der Waals surface area contributed by atoms with Crippen LogP contribution in [0.15, 0.2) is 12.3 Å². The number of halogens is 2. The van der Waals surface area contributed by atoms with Crippen LogP contribution in [0, 0.1) is 5.82 Å². The van der Waals surface area contributed by atoms with E-state index in [9.17, 15) is 14.0 Å². The first-order valence-corrected chi connectivity index (χ1v) is 5.68. The number of pyridine rings is 1. The Morgan fingerprint density at radius 2 is 2.28 bits per heavy atom. The Morgan fingerprint density at radius 1 is 1.61 bits per heavy atom. The van der Waals surface area contributed by atoms with Gasteiger partial charge in [0.2, 0.25) is 0 Å². The number of hydrogen-bond acceptors (Lipinski definition) is 3. The number of carbonyl (C=O) groups is 2. The summed E-state index contributed by atoms with van der Waals surface area (Å²) in [5.41, 5.74) is -0.181. The summed E-state index contributed by atoms with van der Waals surface area (Å²) in [6.07, 6.45) is 1.74. The normalized spacial score (nSPS) is 11.9. The number of rotatable bonds is 5. The van der Waals surface area contributed by atoms with Crippen molar-refractivity contribution in [3.05, 3.63) is 28.8 Å². The molecule has 1 aromatic rings. The number of carboxylic acid groups (broad SMARTS) is 1. The summed E-state index contributed by atoms with van der Waals surface area (Å²) in [4.78, 5) is 26.1. The molecule has 5 nitrogen and oxygen atoms in total. The van der Waals surface area contributed by atoms with Gasteiger partial charge in [0.05, 0.1) is 11.8 Å². The molecule has 1 rings (SSSR count). The highest BCUT2D eigenvalue weighted by atomic mass is 35.5. The zero-order valence-corrected chi connectivity index (χ0v) is 10.4. The molecule has 7 heteroatoms. The van der Waals surface area contributed by atoms with Crippen molar-refractivity contribution in [1.82, 2.24) is 10.3 Å². The van der Waals surface area contributed by atoms with Gasteiger partial charge in [0.1, 0.15) is 17.0 Å². The molecular formula is C11H12ClFN2O3. The summed E-state index contributed by atoms with van der Waals surface area (Å²) in [6.45, 7) is 1.79. The van der Waals surface area contributed by atoms with E-state index in [1.54, 1.807) is 6.92 Å². The van der Waals surface area contributed by atoms with E-state index in [2.05, 4.69) is 10.3 Å². The number of amides is 1. The third kappa shape index (κ3) is 3.66. The van der Waals surface area contributed by atoms with Crippen LogP contribution in [0.4, 0.5) is 4.39 Å². The van der Waals surface area contributed by atoms with Gasteiger partial charge in [-0.1, -0.05) is 24.9 Å². The predicted molar refractivity (Wildman–Crippen MR) is 63.0 cm³/mol. The Labute approximate surface area is 108 Å². The average molecular weight is 275 g/mol. The summed E-state index contributed by atoms with van der Waals surface area (Å²) in [7, 11) is 0. The Kier molecular flexibility index (Phi) is 5.03. The Hall–Kier alpha value is -1.69. The van der Waals surface area contributed by atoms with Crippen molar-refractivity contribution >= 4 is 23.5 Å². The van der Waals surface area contributed by atoms with Crippen molar-refractivity contribution in [2.45, 2.75) is 25.8 Å². The summed E-state index contributed by atoms with van der Waals surface area (Å²) < 4.78 is 12.9. The minimum Gasteiger partial charge on any atom is -0.480 e. The van der Waals surface area contributed by atoms with Gasteiger partial charge in [-0.3, -0.25) is 4.79 Å². The largest absolute Gasteiger partial charge is 0.480 e. The van der Waals surface area contributed by atoms with Crippen molar-refractivity contribution in [3.63, 3.8) is 0 Å². The molecular weight excluding hydrogens is 263 g/mol. The Balaban J connectivity index is 2.86. The van der Waals surface area contributed by atoms with Crippen molar-refractivity contribution in [3.8, 4) is 0 Å². The van der Waals surface area contributed by atoms with Crippen molar-refractivity contribution in [2.24, 2.45) is 0 Å². The third-order valence-electron chi connectivity index (χ3n) is 2.23. The van der Waals surface area contributed by atoms with E-state index < -0.39 is 23.7 Å². The summed E-state index contributed by atoms with van der Waals surface area (Å²) in [5.74, 6) is -2.62. The fraction of sp³-hybridized carbons (Fsp3) is 0.364. The van der Waals surface area contributed by atoms with Gasteiger partial charge in [-0.25, -0.2) is 14.2 Å². The minimum absolute atomic E-state index is 0.172. The van der Waals surface area contributed by atoms with E-state index in [1.165, 1.54) is 0 Å². The first-order chi connectivity index (χ1) is 8.45. The van der Waals surface area contributed by atoms with Crippen molar-refractivity contribution in [1.29, 1.82) is 0 Å². The van der Waals surface area contributed by atoms with Crippen LogP contribution in [0.1, 0.15) is 30.1 Å². The fourth-order valence-corrected chi connectivity index (χ4v) is 1.55. The van der Waals surface area contributed by atoms with Crippen LogP contribution in [0.2, 0.25) is 5.15 Å². The first kappa shape index (κ1) is 14.4. The average Bonchev–Trinajstić information content (AvgIpc) is 2.31. The summed E-state index contributed by atoms with van der Waals surface area (Å²) in [6, 6.07) is -0.114. The molecule has 0 aromatic carbocycles. The van der Waals surface area contributed by atoms with Crippen LogP contribution in [0.3, 0.4) is 0 Å². The Bertz CT molecular complexity index is 468. The first-order valence-electron chi connectivity index (χ1n) is 5.30.